The van der Waals surface area contributed by atoms with Crippen molar-refractivity contribution in [2.75, 3.05) is 26.4 Å². The van der Waals surface area contributed by atoms with Crippen molar-refractivity contribution in [3.8, 4) is 5.75 Å². The molecule has 0 spiro atoms. The zero-order chi connectivity index (χ0) is 16.0. The number of rotatable bonds is 12. The van der Waals surface area contributed by atoms with Gasteiger partial charge in [0.25, 0.3) is 0 Å². The molecule has 124 valence electrons. The summed E-state index contributed by atoms with van der Waals surface area (Å²) < 4.78 is 10.8. The van der Waals surface area contributed by atoms with E-state index in [1.807, 2.05) is 0 Å². The predicted octanol–water partition coefficient (Wildman–Crippen LogP) is 3.77. The van der Waals surface area contributed by atoms with Gasteiger partial charge in [0, 0.05) is 6.61 Å². The Balaban J connectivity index is 2.19. The Morgan fingerprint density at radius 3 is 2.27 bits per heavy atom. The second-order valence-electron chi connectivity index (χ2n) is 4.89. The van der Waals surface area contributed by atoms with Crippen LogP contribution in [0.1, 0.15) is 49.9 Å². The molecule has 0 heterocycles. The van der Waals surface area contributed by atoms with Crippen molar-refractivity contribution in [3.63, 3.8) is 0 Å². The number of carbonyl (C=O) groups excluding carboxylic acids is 1. The van der Waals surface area contributed by atoms with E-state index in [2.05, 4.69) is 13.8 Å². The molecule has 5 heteroatoms. The molecule has 22 heavy (non-hydrogen) atoms. The highest BCUT2D eigenvalue weighted by atomic mass is 17.2. The minimum atomic E-state index is -0.520. The monoisotopic (exact) mass is 310 g/mol. The number of ether oxygens (including phenoxy) is 2. The minimum absolute atomic E-state index is 0.230. The molecule has 0 aromatic heterocycles. The van der Waals surface area contributed by atoms with Gasteiger partial charge in [-0.15, -0.1) is 0 Å². The van der Waals surface area contributed by atoms with Gasteiger partial charge in [0.15, 0.2) is 0 Å². The zero-order valence-electron chi connectivity index (χ0n) is 13.5. The van der Waals surface area contributed by atoms with Crippen LogP contribution in [0.15, 0.2) is 24.3 Å². The van der Waals surface area contributed by atoms with Crippen molar-refractivity contribution in [2.45, 2.75) is 39.5 Å². The molecule has 0 atom stereocenters. The first kappa shape index (κ1) is 18.5. The maximum atomic E-state index is 11.7. The number of hydrogen-bond donors (Lipinski definition) is 0. The van der Waals surface area contributed by atoms with Crippen molar-refractivity contribution >= 4 is 5.97 Å². The molecule has 0 radical (unpaired) electrons. The van der Waals surface area contributed by atoms with Gasteiger partial charge in [0.2, 0.25) is 0 Å². The molecule has 0 aliphatic rings. The Kier molecular flexibility index (Phi) is 10.1. The largest absolute Gasteiger partial charge is 0.494 e. The lowest BCUT2D eigenvalue weighted by Gasteiger charge is -2.07. The number of unbranched alkanes of at least 4 members (excludes halogenated alkanes) is 2. The van der Waals surface area contributed by atoms with Gasteiger partial charge in [-0.2, -0.15) is 4.89 Å². The highest BCUT2D eigenvalue weighted by Gasteiger charge is 2.08. The van der Waals surface area contributed by atoms with E-state index in [4.69, 9.17) is 19.2 Å². The van der Waals surface area contributed by atoms with E-state index in [1.54, 1.807) is 24.3 Å². The fourth-order valence-corrected chi connectivity index (χ4v) is 1.61. The van der Waals surface area contributed by atoms with Gasteiger partial charge in [-0.1, -0.05) is 26.7 Å². The Morgan fingerprint density at radius 1 is 0.909 bits per heavy atom. The zero-order valence-corrected chi connectivity index (χ0v) is 13.5. The number of carbonyl (C=O) groups is 1. The molecule has 0 aliphatic carbocycles. The summed E-state index contributed by atoms with van der Waals surface area (Å²) in [5.74, 6) is 0.226. The Bertz CT molecular complexity index is 402. The van der Waals surface area contributed by atoms with E-state index in [1.165, 1.54) is 0 Å². The second-order valence-corrected chi connectivity index (χ2v) is 4.89. The van der Waals surface area contributed by atoms with Gasteiger partial charge in [-0.05, 0) is 37.1 Å². The molecule has 0 unspecified atom stereocenters. The molecular weight excluding hydrogens is 284 g/mol. The molecule has 0 saturated carbocycles. The molecule has 0 bridgehead atoms. The van der Waals surface area contributed by atoms with E-state index in [0.717, 1.165) is 31.4 Å². The Labute approximate surface area is 132 Å². The second kappa shape index (κ2) is 12.0. The first-order chi connectivity index (χ1) is 10.8. The van der Waals surface area contributed by atoms with Crippen LogP contribution in [0.5, 0.6) is 5.75 Å². The van der Waals surface area contributed by atoms with Crippen molar-refractivity contribution < 1.29 is 24.0 Å². The normalized spacial score (nSPS) is 10.5. The molecule has 0 amide bonds. The third-order valence-electron chi connectivity index (χ3n) is 2.94. The Hall–Kier alpha value is -1.59. The summed E-state index contributed by atoms with van der Waals surface area (Å²) >= 11 is 0. The third kappa shape index (κ3) is 8.00. The van der Waals surface area contributed by atoms with Crippen molar-refractivity contribution in [1.82, 2.24) is 0 Å². The average molecular weight is 310 g/mol. The van der Waals surface area contributed by atoms with Crippen LogP contribution < -0.4 is 4.74 Å². The molecular formula is C17H26O5. The van der Waals surface area contributed by atoms with Crippen LogP contribution in [-0.4, -0.2) is 32.4 Å². The van der Waals surface area contributed by atoms with Crippen LogP contribution in [0, 0.1) is 0 Å². The van der Waals surface area contributed by atoms with Gasteiger partial charge >= 0.3 is 5.97 Å². The van der Waals surface area contributed by atoms with Gasteiger partial charge in [-0.3, -0.25) is 4.89 Å². The molecule has 1 aromatic rings. The molecule has 0 fully saturated rings. The molecule has 0 N–H and O–H groups in total. The number of hydrogen-bond acceptors (Lipinski definition) is 5. The lowest BCUT2D eigenvalue weighted by molar-refractivity contribution is -0.247. The lowest BCUT2D eigenvalue weighted by atomic mass is 10.2. The van der Waals surface area contributed by atoms with Crippen molar-refractivity contribution in [3.05, 3.63) is 29.8 Å². The third-order valence-corrected chi connectivity index (χ3v) is 2.94. The van der Waals surface area contributed by atoms with Crippen LogP contribution in [0.3, 0.4) is 0 Å². The number of benzene rings is 1. The highest BCUT2D eigenvalue weighted by Crippen LogP contribution is 2.13. The van der Waals surface area contributed by atoms with Crippen LogP contribution in [0.25, 0.3) is 0 Å². The Morgan fingerprint density at radius 2 is 1.59 bits per heavy atom. The molecule has 1 rings (SSSR count). The van der Waals surface area contributed by atoms with Crippen LogP contribution in [0.2, 0.25) is 0 Å². The molecule has 1 aromatic carbocycles. The van der Waals surface area contributed by atoms with E-state index < -0.39 is 5.97 Å². The quantitative estimate of drug-likeness (QED) is 0.334. The molecule has 0 saturated heterocycles. The molecule has 5 nitrogen and oxygen atoms in total. The smallest absolute Gasteiger partial charge is 0.373 e. The van der Waals surface area contributed by atoms with E-state index in [0.29, 0.717) is 25.4 Å². The van der Waals surface area contributed by atoms with Crippen LogP contribution in [-0.2, 0) is 14.5 Å². The fourth-order valence-electron chi connectivity index (χ4n) is 1.61. The summed E-state index contributed by atoms with van der Waals surface area (Å²) in [6, 6.07) is 6.82. The lowest BCUT2D eigenvalue weighted by Crippen LogP contribution is -2.10. The first-order valence-electron chi connectivity index (χ1n) is 7.92. The maximum Gasteiger partial charge on any atom is 0.373 e. The van der Waals surface area contributed by atoms with E-state index in [-0.39, 0.29) is 6.61 Å². The van der Waals surface area contributed by atoms with Gasteiger partial charge in [0.05, 0.1) is 18.8 Å². The van der Waals surface area contributed by atoms with Gasteiger partial charge in [0.1, 0.15) is 12.4 Å². The summed E-state index contributed by atoms with van der Waals surface area (Å²) in [6.07, 6.45) is 4.21. The summed E-state index contributed by atoms with van der Waals surface area (Å²) in [5, 5.41) is 0. The summed E-state index contributed by atoms with van der Waals surface area (Å²) in [4.78, 5) is 21.3. The topological polar surface area (TPSA) is 54.0 Å². The fraction of sp³-hybridized carbons (Fsp3) is 0.588. The SMILES string of the molecule is CCCCOCCOOC(=O)c1ccc(OCCCC)cc1. The average Bonchev–Trinajstić information content (AvgIpc) is 2.55. The van der Waals surface area contributed by atoms with E-state index in [9.17, 15) is 4.79 Å². The van der Waals surface area contributed by atoms with Crippen molar-refractivity contribution in [1.29, 1.82) is 0 Å². The summed E-state index contributed by atoms with van der Waals surface area (Å²) in [5.41, 5.74) is 0.426. The minimum Gasteiger partial charge on any atom is -0.494 e. The maximum absolute atomic E-state index is 11.7. The highest BCUT2D eigenvalue weighted by molar-refractivity contribution is 5.89. The predicted molar refractivity (Wildman–Crippen MR) is 83.9 cm³/mol. The van der Waals surface area contributed by atoms with E-state index >= 15 is 0 Å². The molecule has 0 aliphatic heterocycles. The van der Waals surface area contributed by atoms with Gasteiger partial charge in [-0.25, -0.2) is 4.79 Å². The van der Waals surface area contributed by atoms with Crippen LogP contribution in [0.4, 0.5) is 0 Å². The van der Waals surface area contributed by atoms with Gasteiger partial charge < -0.3 is 9.47 Å². The van der Waals surface area contributed by atoms with Crippen LogP contribution >= 0.6 is 0 Å². The summed E-state index contributed by atoms with van der Waals surface area (Å²) in [7, 11) is 0. The van der Waals surface area contributed by atoms with Crippen molar-refractivity contribution in [2.24, 2.45) is 0 Å². The standard InChI is InChI=1S/C17H26O5/c1-3-5-11-19-13-14-21-22-17(18)15-7-9-16(10-8-15)20-12-6-4-2/h7-10H,3-6,11-14H2,1-2H3. The summed E-state index contributed by atoms with van der Waals surface area (Å²) in [6.45, 7) is 6.24. The first-order valence-corrected chi connectivity index (χ1v) is 7.92.